The van der Waals surface area contributed by atoms with Gasteiger partial charge in [0.1, 0.15) is 0 Å². The van der Waals surface area contributed by atoms with Crippen LogP contribution in [0.15, 0.2) is 11.5 Å². The number of aldehydes is 1. The molecule has 0 aromatic rings. The van der Waals surface area contributed by atoms with Crippen molar-refractivity contribution in [3.8, 4) is 0 Å². The number of cyclic esters (lactones) is 1. The van der Waals surface area contributed by atoms with Gasteiger partial charge in [0.15, 0.2) is 18.1 Å². The van der Waals surface area contributed by atoms with Crippen molar-refractivity contribution < 1.29 is 34.4 Å². The number of aliphatic hydroxyl groups is 3. The van der Waals surface area contributed by atoms with Crippen molar-refractivity contribution in [1.82, 2.24) is 0 Å². The molecule has 0 radical (unpaired) electrons. The predicted octanol–water partition coefficient (Wildman–Crippen LogP) is -0.837. The molecular weight excluding hydrogens is 208 g/mol. The molecule has 0 spiro atoms. The SMILES string of the molecule is O=CC(O)OCCC1OC(=O)C(O)=C1O. The van der Waals surface area contributed by atoms with E-state index in [9.17, 15) is 9.59 Å². The zero-order valence-corrected chi connectivity index (χ0v) is 7.62. The van der Waals surface area contributed by atoms with Gasteiger partial charge in [0.25, 0.3) is 0 Å². The average molecular weight is 218 g/mol. The Balaban J connectivity index is 2.36. The van der Waals surface area contributed by atoms with E-state index in [0.29, 0.717) is 0 Å². The molecule has 1 aliphatic rings. The van der Waals surface area contributed by atoms with Crippen molar-refractivity contribution in [3.05, 3.63) is 11.5 Å². The van der Waals surface area contributed by atoms with E-state index in [2.05, 4.69) is 9.47 Å². The van der Waals surface area contributed by atoms with Crippen LogP contribution in [0.3, 0.4) is 0 Å². The summed E-state index contributed by atoms with van der Waals surface area (Å²) in [6.45, 7) is -0.102. The first kappa shape index (κ1) is 11.5. The Morgan fingerprint density at radius 1 is 1.53 bits per heavy atom. The molecule has 7 heteroatoms. The molecule has 0 amide bonds. The minimum Gasteiger partial charge on any atom is -0.505 e. The molecule has 7 nitrogen and oxygen atoms in total. The Bertz CT molecular complexity index is 295. The highest BCUT2D eigenvalue weighted by atomic mass is 16.6. The monoisotopic (exact) mass is 218 g/mol. The van der Waals surface area contributed by atoms with E-state index in [-0.39, 0.29) is 19.3 Å². The normalized spacial score (nSPS) is 22.7. The van der Waals surface area contributed by atoms with Crippen LogP contribution in [0.4, 0.5) is 0 Å². The van der Waals surface area contributed by atoms with E-state index in [4.69, 9.17) is 15.3 Å². The van der Waals surface area contributed by atoms with Crippen molar-refractivity contribution in [2.45, 2.75) is 18.8 Å². The molecule has 1 rings (SSSR count). The zero-order chi connectivity index (χ0) is 11.4. The summed E-state index contributed by atoms with van der Waals surface area (Å²) in [5, 5.41) is 26.7. The summed E-state index contributed by atoms with van der Waals surface area (Å²) >= 11 is 0. The number of carbonyl (C=O) groups is 2. The van der Waals surface area contributed by atoms with Gasteiger partial charge in [0.05, 0.1) is 6.61 Å². The second kappa shape index (κ2) is 4.76. The van der Waals surface area contributed by atoms with Crippen molar-refractivity contribution >= 4 is 12.3 Å². The average Bonchev–Trinajstić information content (AvgIpc) is 2.46. The molecule has 0 aromatic heterocycles. The molecule has 15 heavy (non-hydrogen) atoms. The highest BCUT2D eigenvalue weighted by Crippen LogP contribution is 2.20. The highest BCUT2D eigenvalue weighted by Gasteiger charge is 2.33. The fourth-order valence-corrected chi connectivity index (χ4v) is 1.03. The summed E-state index contributed by atoms with van der Waals surface area (Å²) in [6, 6.07) is 0. The Hall–Kier alpha value is -1.60. The first-order valence-electron chi connectivity index (χ1n) is 4.14. The molecule has 1 heterocycles. The van der Waals surface area contributed by atoms with Crippen LogP contribution in [-0.2, 0) is 19.1 Å². The zero-order valence-electron chi connectivity index (χ0n) is 7.62. The minimum absolute atomic E-state index is 0.0343. The van der Waals surface area contributed by atoms with Crippen LogP contribution in [0.25, 0.3) is 0 Å². The van der Waals surface area contributed by atoms with Gasteiger partial charge in [0, 0.05) is 6.42 Å². The minimum atomic E-state index is -1.54. The maximum Gasteiger partial charge on any atom is 0.377 e. The van der Waals surface area contributed by atoms with E-state index in [1.165, 1.54) is 0 Å². The van der Waals surface area contributed by atoms with Crippen LogP contribution < -0.4 is 0 Å². The maximum atomic E-state index is 10.7. The molecule has 0 saturated carbocycles. The number of aliphatic hydroxyl groups excluding tert-OH is 3. The Kier molecular flexibility index (Phi) is 3.64. The van der Waals surface area contributed by atoms with Gasteiger partial charge in [-0.05, 0) is 0 Å². The summed E-state index contributed by atoms with van der Waals surface area (Å²) < 4.78 is 9.09. The third-order valence-electron chi connectivity index (χ3n) is 1.78. The summed E-state index contributed by atoms with van der Waals surface area (Å²) in [5.74, 6) is -2.39. The number of esters is 1. The molecular formula is C8H10O7. The van der Waals surface area contributed by atoms with Crippen LogP contribution in [0.2, 0.25) is 0 Å². The lowest BCUT2D eigenvalue weighted by Gasteiger charge is -2.10. The van der Waals surface area contributed by atoms with E-state index in [1.54, 1.807) is 0 Å². The third-order valence-corrected chi connectivity index (χ3v) is 1.78. The Morgan fingerprint density at radius 2 is 2.20 bits per heavy atom. The second-order valence-corrected chi connectivity index (χ2v) is 2.81. The summed E-state index contributed by atoms with van der Waals surface area (Å²) in [5.41, 5.74) is 0. The lowest BCUT2D eigenvalue weighted by Crippen LogP contribution is -2.19. The number of hydrogen-bond donors (Lipinski definition) is 3. The Labute approximate surface area is 84.5 Å². The van der Waals surface area contributed by atoms with Crippen LogP contribution in [0, 0.1) is 0 Å². The second-order valence-electron chi connectivity index (χ2n) is 2.81. The predicted molar refractivity (Wildman–Crippen MR) is 44.8 cm³/mol. The molecule has 0 saturated heterocycles. The van der Waals surface area contributed by atoms with Crippen molar-refractivity contribution in [2.24, 2.45) is 0 Å². The summed E-state index contributed by atoms with van der Waals surface area (Å²) in [6.07, 6.45) is -2.31. The summed E-state index contributed by atoms with van der Waals surface area (Å²) in [7, 11) is 0. The van der Waals surface area contributed by atoms with Gasteiger partial charge in [-0.3, -0.25) is 4.79 Å². The molecule has 2 atom stereocenters. The Morgan fingerprint density at radius 3 is 2.67 bits per heavy atom. The summed E-state index contributed by atoms with van der Waals surface area (Å²) in [4.78, 5) is 20.7. The van der Waals surface area contributed by atoms with Crippen LogP contribution in [0.1, 0.15) is 6.42 Å². The largest absolute Gasteiger partial charge is 0.505 e. The van der Waals surface area contributed by atoms with Crippen molar-refractivity contribution in [1.29, 1.82) is 0 Å². The van der Waals surface area contributed by atoms with E-state index >= 15 is 0 Å². The van der Waals surface area contributed by atoms with Gasteiger partial charge in [-0.15, -0.1) is 0 Å². The number of rotatable bonds is 5. The van der Waals surface area contributed by atoms with Gasteiger partial charge < -0.3 is 24.8 Å². The number of hydrogen-bond acceptors (Lipinski definition) is 7. The molecule has 84 valence electrons. The van der Waals surface area contributed by atoms with Gasteiger partial charge >= 0.3 is 5.97 Å². The van der Waals surface area contributed by atoms with Crippen molar-refractivity contribution in [3.63, 3.8) is 0 Å². The molecule has 1 aliphatic heterocycles. The van der Waals surface area contributed by atoms with E-state index < -0.39 is 29.9 Å². The highest BCUT2D eigenvalue weighted by molar-refractivity contribution is 5.88. The smallest absolute Gasteiger partial charge is 0.377 e. The third kappa shape index (κ3) is 2.67. The van der Waals surface area contributed by atoms with Crippen LogP contribution in [-0.4, -0.2) is 46.6 Å². The molecule has 0 aromatic carbocycles. The molecule has 0 fully saturated rings. The first-order valence-corrected chi connectivity index (χ1v) is 4.14. The van der Waals surface area contributed by atoms with Crippen molar-refractivity contribution in [2.75, 3.05) is 6.61 Å². The number of carbonyl (C=O) groups excluding carboxylic acids is 2. The fourth-order valence-electron chi connectivity index (χ4n) is 1.03. The molecule has 3 N–H and O–H groups in total. The first-order chi connectivity index (χ1) is 7.06. The van der Waals surface area contributed by atoms with E-state index in [1.807, 2.05) is 0 Å². The fraction of sp³-hybridized carbons (Fsp3) is 0.500. The van der Waals surface area contributed by atoms with Gasteiger partial charge in [-0.1, -0.05) is 0 Å². The van der Waals surface area contributed by atoms with Gasteiger partial charge in [-0.25, -0.2) is 4.79 Å². The van der Waals surface area contributed by atoms with Gasteiger partial charge in [-0.2, -0.15) is 0 Å². The number of ether oxygens (including phenoxy) is 2. The van der Waals surface area contributed by atoms with Crippen LogP contribution >= 0.6 is 0 Å². The topological polar surface area (TPSA) is 113 Å². The molecule has 0 aliphatic carbocycles. The van der Waals surface area contributed by atoms with E-state index in [0.717, 1.165) is 0 Å². The lowest BCUT2D eigenvalue weighted by molar-refractivity contribution is -0.148. The quantitative estimate of drug-likeness (QED) is 0.313. The van der Waals surface area contributed by atoms with Gasteiger partial charge in [0.2, 0.25) is 12.0 Å². The standard InChI is InChI=1S/C8H10O7/c9-3-5(10)14-2-1-4-6(11)7(12)8(13)15-4/h3-5,10-12H,1-2H2. The lowest BCUT2D eigenvalue weighted by atomic mass is 10.2. The van der Waals surface area contributed by atoms with Crippen LogP contribution in [0.5, 0.6) is 0 Å². The molecule has 2 unspecified atom stereocenters. The maximum absolute atomic E-state index is 10.7. The molecule has 0 bridgehead atoms.